The number of aliphatic hydroxyl groups is 1. The van der Waals surface area contributed by atoms with Crippen molar-refractivity contribution < 1.29 is 24.2 Å². The summed E-state index contributed by atoms with van der Waals surface area (Å²) in [7, 11) is 1.20. The average molecular weight is 288 g/mol. The van der Waals surface area contributed by atoms with E-state index in [9.17, 15) is 14.7 Å². The summed E-state index contributed by atoms with van der Waals surface area (Å²) in [5.74, 6) is -0.700. The van der Waals surface area contributed by atoms with Gasteiger partial charge in [-0.2, -0.15) is 0 Å². The molecule has 7 heteroatoms. The SMILES string of the molecule is COC(=O)[C@@H](N)[C@H](O)[C@@H]1CCCN1C(=O)OC(C)(C)C. The number of hydrogen-bond acceptors (Lipinski definition) is 6. The number of rotatable bonds is 3. The lowest BCUT2D eigenvalue weighted by Gasteiger charge is -2.32. The molecule has 1 aliphatic heterocycles. The number of esters is 1. The predicted octanol–water partition coefficient (Wildman–Crippen LogP) is 0.247. The van der Waals surface area contributed by atoms with E-state index >= 15 is 0 Å². The lowest BCUT2D eigenvalue weighted by atomic mass is 10.0. The van der Waals surface area contributed by atoms with Gasteiger partial charge < -0.3 is 25.2 Å². The van der Waals surface area contributed by atoms with Gasteiger partial charge in [0, 0.05) is 6.54 Å². The van der Waals surface area contributed by atoms with Crippen LogP contribution >= 0.6 is 0 Å². The maximum Gasteiger partial charge on any atom is 0.410 e. The van der Waals surface area contributed by atoms with Gasteiger partial charge in [0.2, 0.25) is 0 Å². The molecule has 1 saturated heterocycles. The molecule has 0 aromatic heterocycles. The first-order valence-corrected chi connectivity index (χ1v) is 6.68. The Kier molecular flexibility index (Phi) is 5.35. The van der Waals surface area contributed by atoms with Crippen LogP contribution in [0.15, 0.2) is 0 Å². The fourth-order valence-electron chi connectivity index (χ4n) is 2.21. The van der Waals surface area contributed by atoms with Gasteiger partial charge in [-0.15, -0.1) is 0 Å². The molecule has 0 radical (unpaired) electrons. The Hall–Kier alpha value is -1.34. The number of methoxy groups -OCH3 is 1. The zero-order valence-electron chi connectivity index (χ0n) is 12.5. The Bertz CT molecular complexity index is 366. The van der Waals surface area contributed by atoms with Crippen molar-refractivity contribution in [1.82, 2.24) is 4.90 Å². The van der Waals surface area contributed by atoms with Crippen LogP contribution in [0, 0.1) is 0 Å². The van der Waals surface area contributed by atoms with Crippen LogP contribution in [0.4, 0.5) is 4.79 Å². The zero-order chi connectivity index (χ0) is 15.5. The lowest BCUT2D eigenvalue weighted by molar-refractivity contribution is -0.146. The quantitative estimate of drug-likeness (QED) is 0.722. The van der Waals surface area contributed by atoms with Crippen LogP contribution in [-0.2, 0) is 14.3 Å². The Balaban J connectivity index is 2.74. The van der Waals surface area contributed by atoms with Gasteiger partial charge in [-0.25, -0.2) is 4.79 Å². The Morgan fingerprint density at radius 2 is 2.00 bits per heavy atom. The molecule has 20 heavy (non-hydrogen) atoms. The highest BCUT2D eigenvalue weighted by atomic mass is 16.6. The van der Waals surface area contributed by atoms with E-state index in [0.717, 1.165) is 6.42 Å². The number of nitrogens with two attached hydrogens (primary N) is 1. The van der Waals surface area contributed by atoms with E-state index in [4.69, 9.17) is 10.5 Å². The molecular weight excluding hydrogens is 264 g/mol. The third-order valence-corrected chi connectivity index (χ3v) is 3.16. The number of nitrogens with zero attached hydrogens (tertiary/aromatic N) is 1. The van der Waals surface area contributed by atoms with Crippen LogP contribution in [-0.4, -0.2) is 59.5 Å². The second kappa shape index (κ2) is 6.41. The highest BCUT2D eigenvalue weighted by molar-refractivity contribution is 5.76. The van der Waals surface area contributed by atoms with Gasteiger partial charge in [-0.05, 0) is 33.6 Å². The monoisotopic (exact) mass is 288 g/mol. The number of carbonyl (C=O) groups is 2. The molecule has 1 amide bonds. The first-order chi connectivity index (χ1) is 9.17. The van der Waals surface area contributed by atoms with Crippen LogP contribution in [0.25, 0.3) is 0 Å². The zero-order valence-corrected chi connectivity index (χ0v) is 12.5. The van der Waals surface area contributed by atoms with Crippen LogP contribution in [0.5, 0.6) is 0 Å². The molecule has 0 aromatic rings. The van der Waals surface area contributed by atoms with Gasteiger partial charge in [0.1, 0.15) is 17.7 Å². The number of carbonyl (C=O) groups excluding carboxylic acids is 2. The molecule has 0 aliphatic carbocycles. The molecule has 0 saturated carbocycles. The van der Waals surface area contributed by atoms with Crippen molar-refractivity contribution >= 4 is 12.1 Å². The standard InChI is InChI=1S/C13H24N2O5/c1-13(2,3)20-12(18)15-7-5-6-8(15)10(16)9(14)11(17)19-4/h8-10,16H,5-7,14H2,1-4H3/t8-,9-,10+/m0/s1. The smallest absolute Gasteiger partial charge is 0.410 e. The molecule has 1 aliphatic rings. The highest BCUT2D eigenvalue weighted by Crippen LogP contribution is 2.24. The summed E-state index contributed by atoms with van der Waals surface area (Å²) in [6.07, 6.45) is -0.367. The van der Waals surface area contributed by atoms with Gasteiger partial charge >= 0.3 is 12.1 Å². The molecular formula is C13H24N2O5. The number of hydrogen-bond donors (Lipinski definition) is 2. The third kappa shape index (κ3) is 4.08. The van der Waals surface area contributed by atoms with Gasteiger partial charge in [-0.1, -0.05) is 0 Å². The van der Waals surface area contributed by atoms with Crippen LogP contribution in [0.2, 0.25) is 0 Å². The van der Waals surface area contributed by atoms with Crippen molar-refractivity contribution in [3.8, 4) is 0 Å². The van der Waals surface area contributed by atoms with Gasteiger partial charge in [0.05, 0.1) is 13.2 Å². The summed E-state index contributed by atoms with van der Waals surface area (Å²) in [4.78, 5) is 24.9. The minimum atomic E-state index is -1.17. The van der Waals surface area contributed by atoms with Crippen LogP contribution in [0.1, 0.15) is 33.6 Å². The first-order valence-electron chi connectivity index (χ1n) is 6.68. The van der Waals surface area contributed by atoms with E-state index in [-0.39, 0.29) is 0 Å². The molecule has 0 spiro atoms. The minimum Gasteiger partial charge on any atom is -0.468 e. The summed E-state index contributed by atoms with van der Waals surface area (Å²) in [5, 5.41) is 10.2. The number of ether oxygens (including phenoxy) is 2. The molecule has 1 rings (SSSR count). The van der Waals surface area contributed by atoms with Crippen molar-refractivity contribution in [3.05, 3.63) is 0 Å². The molecule has 0 bridgehead atoms. The van der Waals surface area contributed by atoms with E-state index in [1.165, 1.54) is 12.0 Å². The fourth-order valence-corrected chi connectivity index (χ4v) is 2.21. The molecule has 1 fully saturated rings. The fraction of sp³-hybridized carbons (Fsp3) is 0.846. The van der Waals surface area contributed by atoms with Crippen molar-refractivity contribution in [2.75, 3.05) is 13.7 Å². The summed E-state index contributed by atoms with van der Waals surface area (Å²) in [6.45, 7) is 5.79. The highest BCUT2D eigenvalue weighted by Gasteiger charge is 2.40. The molecule has 1 heterocycles. The molecule has 116 valence electrons. The summed E-state index contributed by atoms with van der Waals surface area (Å²) in [6, 6.07) is -1.70. The predicted molar refractivity (Wildman–Crippen MR) is 72.0 cm³/mol. The van der Waals surface area contributed by atoms with E-state index < -0.39 is 35.9 Å². The summed E-state index contributed by atoms with van der Waals surface area (Å²) in [5.41, 5.74) is 5.03. The minimum absolute atomic E-state index is 0.477. The number of aliphatic hydroxyl groups excluding tert-OH is 1. The first kappa shape index (κ1) is 16.7. The van der Waals surface area contributed by atoms with Crippen molar-refractivity contribution in [2.24, 2.45) is 5.73 Å². The molecule has 3 atom stereocenters. The third-order valence-electron chi connectivity index (χ3n) is 3.16. The molecule has 0 unspecified atom stereocenters. The topological polar surface area (TPSA) is 102 Å². The van der Waals surface area contributed by atoms with E-state index in [1.807, 2.05) is 0 Å². The Morgan fingerprint density at radius 1 is 1.40 bits per heavy atom. The molecule has 7 nitrogen and oxygen atoms in total. The summed E-state index contributed by atoms with van der Waals surface area (Å²) >= 11 is 0. The number of likely N-dealkylation sites (tertiary alicyclic amines) is 1. The van der Waals surface area contributed by atoms with E-state index in [2.05, 4.69) is 4.74 Å². The molecule has 3 N–H and O–H groups in total. The number of amides is 1. The second-order valence-electron chi connectivity index (χ2n) is 5.92. The van der Waals surface area contributed by atoms with Gasteiger partial charge in [0.15, 0.2) is 0 Å². The summed E-state index contributed by atoms with van der Waals surface area (Å²) < 4.78 is 9.80. The Labute approximate surface area is 119 Å². The van der Waals surface area contributed by atoms with Crippen molar-refractivity contribution in [2.45, 2.75) is 57.4 Å². The van der Waals surface area contributed by atoms with Crippen molar-refractivity contribution in [1.29, 1.82) is 0 Å². The van der Waals surface area contributed by atoms with Gasteiger partial charge in [-0.3, -0.25) is 4.79 Å². The maximum absolute atomic E-state index is 12.1. The van der Waals surface area contributed by atoms with Gasteiger partial charge in [0.25, 0.3) is 0 Å². The average Bonchev–Trinajstić information content (AvgIpc) is 2.83. The van der Waals surface area contributed by atoms with E-state index in [1.54, 1.807) is 20.8 Å². The lowest BCUT2D eigenvalue weighted by Crippen LogP contribution is -2.54. The molecule has 0 aromatic carbocycles. The van der Waals surface area contributed by atoms with Crippen LogP contribution < -0.4 is 5.73 Å². The van der Waals surface area contributed by atoms with Crippen molar-refractivity contribution in [3.63, 3.8) is 0 Å². The van der Waals surface area contributed by atoms with E-state index in [0.29, 0.717) is 13.0 Å². The second-order valence-corrected chi connectivity index (χ2v) is 5.92. The Morgan fingerprint density at radius 3 is 2.50 bits per heavy atom. The maximum atomic E-state index is 12.1. The normalized spacial score (nSPS) is 22.3. The largest absolute Gasteiger partial charge is 0.468 e. The van der Waals surface area contributed by atoms with Crippen LogP contribution in [0.3, 0.4) is 0 Å².